The van der Waals surface area contributed by atoms with Crippen molar-refractivity contribution in [2.75, 3.05) is 13.2 Å². The zero-order chi connectivity index (χ0) is 56.8. The molecule has 6 N–H and O–H groups in total. The molecule has 0 aromatic heterocycles. The summed E-state index contributed by atoms with van der Waals surface area (Å²) in [5, 5.41) is 57.0. The number of nitrogens with one attached hydrogen (secondary N) is 1. The van der Waals surface area contributed by atoms with E-state index in [2.05, 4.69) is 38.2 Å². The van der Waals surface area contributed by atoms with Gasteiger partial charge in [-0.1, -0.05) is 301 Å². The Morgan fingerprint density at radius 3 is 1.31 bits per heavy atom. The lowest BCUT2D eigenvalue weighted by Gasteiger charge is -2.41. The minimum absolute atomic E-state index is 0.0200. The van der Waals surface area contributed by atoms with Gasteiger partial charge in [0.05, 0.1) is 25.4 Å². The van der Waals surface area contributed by atoms with E-state index >= 15 is 0 Å². The molecule has 0 aromatic carbocycles. The van der Waals surface area contributed by atoms with E-state index in [1.54, 1.807) is 6.08 Å². The number of unbranched alkanes of at least 4 members (excludes halogenated alkanes) is 39. The van der Waals surface area contributed by atoms with E-state index in [1.807, 2.05) is 18.2 Å². The smallest absolute Gasteiger partial charge is 0.306 e. The SMILES string of the molecule is CCCCCCCC/C=C\C/C=C/CCC(=O)OC1C(OCC(NC(=O)C(O)CCCCCCCCCCCCCCCCCCCCCCCCCC)C(O)/C=C/CCCCCCCCCCCC)OC(CO)C(O)C1O. The molecule has 1 amide bonds. The van der Waals surface area contributed by atoms with E-state index in [4.69, 9.17) is 14.2 Å². The van der Waals surface area contributed by atoms with Crippen LogP contribution in [-0.2, 0) is 23.8 Å². The molecule has 11 nitrogen and oxygen atoms in total. The number of hydrogen-bond donors (Lipinski definition) is 6. The minimum Gasteiger partial charge on any atom is -0.454 e. The van der Waals surface area contributed by atoms with Crippen molar-refractivity contribution < 1.29 is 49.3 Å². The number of aliphatic hydroxyl groups is 5. The molecule has 0 aromatic rings. The van der Waals surface area contributed by atoms with Crippen LogP contribution in [0.4, 0.5) is 0 Å². The molecule has 1 fully saturated rings. The molecule has 1 heterocycles. The Morgan fingerprint density at radius 1 is 0.500 bits per heavy atom. The maximum Gasteiger partial charge on any atom is 0.306 e. The van der Waals surface area contributed by atoms with Gasteiger partial charge in [0.1, 0.15) is 24.4 Å². The molecule has 0 saturated carbocycles. The van der Waals surface area contributed by atoms with Gasteiger partial charge >= 0.3 is 5.97 Å². The molecule has 0 radical (unpaired) electrons. The molecular weight excluding hydrogens is 979 g/mol. The zero-order valence-corrected chi connectivity index (χ0v) is 50.8. The van der Waals surface area contributed by atoms with Crippen LogP contribution in [-0.4, -0.2) is 99.6 Å². The van der Waals surface area contributed by atoms with E-state index in [0.29, 0.717) is 19.3 Å². The van der Waals surface area contributed by atoms with E-state index in [9.17, 15) is 35.1 Å². The Morgan fingerprint density at radius 2 is 0.885 bits per heavy atom. The van der Waals surface area contributed by atoms with Crippen LogP contribution in [0.15, 0.2) is 36.5 Å². The highest BCUT2D eigenvalue weighted by Gasteiger charge is 2.47. The van der Waals surface area contributed by atoms with Crippen molar-refractivity contribution in [3.05, 3.63) is 36.5 Å². The zero-order valence-electron chi connectivity index (χ0n) is 50.8. The molecule has 11 heteroatoms. The predicted molar refractivity (Wildman–Crippen MR) is 324 cm³/mol. The van der Waals surface area contributed by atoms with E-state index < -0.39 is 67.4 Å². The van der Waals surface area contributed by atoms with Crippen LogP contribution in [0.25, 0.3) is 0 Å². The molecule has 1 saturated heterocycles. The van der Waals surface area contributed by atoms with Gasteiger partial charge in [0, 0.05) is 6.42 Å². The number of allylic oxidation sites excluding steroid dienone is 5. The average Bonchev–Trinajstić information content (AvgIpc) is 3.44. The Kier molecular flexibility index (Phi) is 52.5. The summed E-state index contributed by atoms with van der Waals surface area (Å²) in [6.45, 7) is 5.78. The number of rotatable bonds is 57. The van der Waals surface area contributed by atoms with Crippen molar-refractivity contribution in [3.8, 4) is 0 Å². The Balaban J connectivity index is 2.60. The first-order valence-electron chi connectivity index (χ1n) is 33.3. The highest BCUT2D eigenvalue weighted by Crippen LogP contribution is 2.26. The predicted octanol–water partition coefficient (Wildman–Crippen LogP) is 16.2. The number of aliphatic hydroxyl groups excluding tert-OH is 5. The van der Waals surface area contributed by atoms with Crippen LogP contribution in [0.1, 0.15) is 316 Å². The van der Waals surface area contributed by atoms with Crippen molar-refractivity contribution in [1.29, 1.82) is 0 Å². The molecule has 1 aliphatic heterocycles. The summed E-state index contributed by atoms with van der Waals surface area (Å²) >= 11 is 0. The fourth-order valence-corrected chi connectivity index (χ4v) is 10.5. The highest BCUT2D eigenvalue weighted by molar-refractivity contribution is 5.80. The fraction of sp³-hybridized carbons (Fsp3) is 0.881. The third-order valence-corrected chi connectivity index (χ3v) is 15.8. The van der Waals surface area contributed by atoms with E-state index in [-0.39, 0.29) is 13.0 Å². The lowest BCUT2D eigenvalue weighted by molar-refractivity contribution is -0.305. The van der Waals surface area contributed by atoms with Gasteiger partial charge in [0.2, 0.25) is 5.91 Å². The molecule has 1 aliphatic rings. The van der Waals surface area contributed by atoms with E-state index in [0.717, 1.165) is 51.4 Å². The van der Waals surface area contributed by atoms with Gasteiger partial charge in [-0.05, 0) is 44.9 Å². The molecule has 0 spiro atoms. The summed E-state index contributed by atoms with van der Waals surface area (Å²) in [7, 11) is 0. The summed E-state index contributed by atoms with van der Waals surface area (Å²) in [4.78, 5) is 26.5. The molecule has 0 aliphatic carbocycles. The second-order valence-corrected chi connectivity index (χ2v) is 23.2. The van der Waals surface area contributed by atoms with Crippen molar-refractivity contribution in [2.24, 2.45) is 0 Å². The summed E-state index contributed by atoms with van der Waals surface area (Å²) in [6, 6.07) is -1.03. The summed E-state index contributed by atoms with van der Waals surface area (Å²) in [5.74, 6) is -1.25. The van der Waals surface area contributed by atoms with Crippen LogP contribution >= 0.6 is 0 Å². The number of esters is 1. The van der Waals surface area contributed by atoms with Gasteiger partial charge in [-0.15, -0.1) is 0 Å². The van der Waals surface area contributed by atoms with Gasteiger partial charge in [-0.2, -0.15) is 0 Å². The van der Waals surface area contributed by atoms with Crippen molar-refractivity contribution in [2.45, 2.75) is 365 Å². The lowest BCUT2D eigenvalue weighted by atomic mass is 9.99. The third kappa shape index (κ3) is 42.7. The van der Waals surface area contributed by atoms with Gasteiger partial charge in [-0.25, -0.2) is 0 Å². The normalized spacial score (nSPS) is 19.1. The molecule has 0 bridgehead atoms. The van der Waals surface area contributed by atoms with Crippen LogP contribution in [0.3, 0.4) is 0 Å². The van der Waals surface area contributed by atoms with Gasteiger partial charge in [0.25, 0.3) is 0 Å². The summed E-state index contributed by atoms with van der Waals surface area (Å²) in [6.07, 6.45) is 56.5. The first-order valence-corrected chi connectivity index (χ1v) is 33.3. The standard InChI is InChI=1S/C67H125NO10/c1-4-7-10-13-16-19-22-25-26-27-28-29-30-31-32-33-34-35-37-39-42-45-48-51-54-60(71)66(75)68-58(59(70)53-50-47-44-41-38-24-21-18-15-12-9-6-3)57-76-67-65(64(74)63(73)61(56-69)77-67)78-62(72)55-52-49-46-43-40-36-23-20-17-14-11-8-5-2/h36,40,46,49-50,53,58-61,63-65,67,69-71,73-74H,4-35,37-39,41-45,47-48,51-52,54-57H2,1-3H3,(H,68,75)/b40-36-,49-46+,53-50+. The van der Waals surface area contributed by atoms with Crippen LogP contribution in [0.2, 0.25) is 0 Å². The topological polar surface area (TPSA) is 175 Å². The Bertz CT molecular complexity index is 1410. The first-order chi connectivity index (χ1) is 38.2. The fourth-order valence-electron chi connectivity index (χ4n) is 10.5. The molecule has 8 atom stereocenters. The Hall–Kier alpha value is -2.12. The maximum absolute atomic E-state index is 13.4. The van der Waals surface area contributed by atoms with Gasteiger partial charge in [-0.3, -0.25) is 9.59 Å². The second kappa shape index (κ2) is 55.4. The number of hydrogen-bond acceptors (Lipinski definition) is 10. The van der Waals surface area contributed by atoms with Gasteiger partial charge < -0.3 is 45.1 Å². The monoisotopic (exact) mass is 1100 g/mol. The molecule has 458 valence electrons. The molecular formula is C67H125NO10. The molecule has 8 unspecified atom stereocenters. The quantitative estimate of drug-likeness (QED) is 0.0195. The average molecular weight is 1100 g/mol. The molecule has 78 heavy (non-hydrogen) atoms. The van der Waals surface area contributed by atoms with Crippen molar-refractivity contribution in [3.63, 3.8) is 0 Å². The maximum atomic E-state index is 13.4. The minimum atomic E-state index is -1.63. The highest BCUT2D eigenvalue weighted by atomic mass is 16.7. The largest absolute Gasteiger partial charge is 0.454 e. The Labute approximate surface area is 479 Å². The van der Waals surface area contributed by atoms with Crippen LogP contribution in [0, 0.1) is 0 Å². The first kappa shape index (κ1) is 73.9. The second-order valence-electron chi connectivity index (χ2n) is 23.2. The van der Waals surface area contributed by atoms with Crippen molar-refractivity contribution >= 4 is 11.9 Å². The number of ether oxygens (including phenoxy) is 3. The molecule has 1 rings (SSSR count). The summed E-state index contributed by atoms with van der Waals surface area (Å²) in [5.41, 5.74) is 0. The van der Waals surface area contributed by atoms with Crippen LogP contribution < -0.4 is 5.32 Å². The summed E-state index contributed by atoms with van der Waals surface area (Å²) < 4.78 is 17.6. The number of amides is 1. The number of carbonyl (C=O) groups excluding carboxylic acids is 2. The van der Waals surface area contributed by atoms with Gasteiger partial charge in [0.15, 0.2) is 12.4 Å². The third-order valence-electron chi connectivity index (χ3n) is 15.8. The number of carbonyl (C=O) groups is 2. The van der Waals surface area contributed by atoms with Crippen LogP contribution in [0.5, 0.6) is 0 Å². The van der Waals surface area contributed by atoms with E-state index in [1.165, 1.54) is 218 Å². The lowest BCUT2D eigenvalue weighted by Crippen LogP contribution is -2.61. The van der Waals surface area contributed by atoms with Crippen molar-refractivity contribution in [1.82, 2.24) is 5.32 Å².